The summed E-state index contributed by atoms with van der Waals surface area (Å²) in [5.74, 6) is 1.70. The summed E-state index contributed by atoms with van der Waals surface area (Å²) in [4.78, 5) is 0. The van der Waals surface area contributed by atoms with Gasteiger partial charge in [0.25, 0.3) is 0 Å². The number of hydrogen-bond acceptors (Lipinski definition) is 4. The monoisotopic (exact) mass is 275 g/mol. The molecule has 0 aliphatic heterocycles. The summed E-state index contributed by atoms with van der Waals surface area (Å²) in [7, 11) is 1.70. The fourth-order valence-electron chi connectivity index (χ4n) is 1.71. The number of methoxy groups -OCH3 is 1. The Labute approximate surface area is 117 Å². The van der Waals surface area contributed by atoms with Crippen molar-refractivity contribution in [2.45, 2.75) is 11.7 Å². The second-order valence-electron chi connectivity index (χ2n) is 3.92. The van der Waals surface area contributed by atoms with Gasteiger partial charge in [-0.05, 0) is 0 Å². The molecule has 0 aliphatic carbocycles. The van der Waals surface area contributed by atoms with Gasteiger partial charge in [0, 0.05) is 18.4 Å². The highest BCUT2D eigenvalue weighted by molar-refractivity contribution is 7.99. The number of ether oxygens (including phenoxy) is 1. The summed E-state index contributed by atoms with van der Waals surface area (Å²) in [6.07, 6.45) is 1.86. The molecule has 0 atom stereocenters. The SMILES string of the molecule is C=CCSc1nnc(-c2ccccc2)n1CCOC. The molecule has 0 unspecified atom stereocenters. The van der Waals surface area contributed by atoms with E-state index in [1.807, 2.05) is 36.4 Å². The highest BCUT2D eigenvalue weighted by Gasteiger charge is 2.13. The standard InChI is InChI=1S/C14H17N3OS/c1-3-11-19-14-16-15-13(17(14)9-10-18-2)12-7-5-4-6-8-12/h3-8H,1,9-11H2,2H3. The predicted molar refractivity (Wildman–Crippen MR) is 78.3 cm³/mol. The highest BCUT2D eigenvalue weighted by atomic mass is 32.2. The second-order valence-corrected chi connectivity index (χ2v) is 4.90. The third kappa shape index (κ3) is 3.45. The third-order valence-corrected chi connectivity index (χ3v) is 3.56. The van der Waals surface area contributed by atoms with E-state index < -0.39 is 0 Å². The Morgan fingerprint density at radius 3 is 2.79 bits per heavy atom. The first-order valence-corrected chi connectivity index (χ1v) is 7.06. The average molecular weight is 275 g/mol. The lowest BCUT2D eigenvalue weighted by Gasteiger charge is -2.08. The van der Waals surface area contributed by atoms with Crippen LogP contribution in [0.15, 0.2) is 48.1 Å². The summed E-state index contributed by atoms with van der Waals surface area (Å²) >= 11 is 1.63. The number of hydrogen-bond donors (Lipinski definition) is 0. The zero-order valence-electron chi connectivity index (χ0n) is 11.0. The van der Waals surface area contributed by atoms with E-state index in [1.165, 1.54) is 0 Å². The molecule has 0 bridgehead atoms. The van der Waals surface area contributed by atoms with E-state index in [0.29, 0.717) is 6.61 Å². The summed E-state index contributed by atoms with van der Waals surface area (Å²) < 4.78 is 7.25. The fourth-order valence-corrected chi connectivity index (χ4v) is 2.41. The molecule has 2 rings (SSSR count). The zero-order valence-corrected chi connectivity index (χ0v) is 11.8. The van der Waals surface area contributed by atoms with Crippen molar-refractivity contribution < 1.29 is 4.74 Å². The lowest BCUT2D eigenvalue weighted by atomic mass is 10.2. The molecule has 0 radical (unpaired) electrons. The smallest absolute Gasteiger partial charge is 0.191 e. The highest BCUT2D eigenvalue weighted by Crippen LogP contribution is 2.23. The van der Waals surface area contributed by atoms with Gasteiger partial charge in [-0.25, -0.2) is 0 Å². The molecule has 0 fully saturated rings. The second kappa shape index (κ2) is 7.11. The van der Waals surface area contributed by atoms with Crippen LogP contribution in [0.25, 0.3) is 11.4 Å². The Balaban J connectivity index is 2.31. The van der Waals surface area contributed by atoms with Crippen LogP contribution < -0.4 is 0 Å². The molecule has 4 nitrogen and oxygen atoms in total. The minimum atomic E-state index is 0.638. The number of nitrogens with zero attached hydrogens (tertiary/aromatic N) is 3. The summed E-state index contributed by atoms with van der Waals surface area (Å²) in [6, 6.07) is 10.1. The molecular weight excluding hydrogens is 258 g/mol. The first-order chi connectivity index (χ1) is 9.36. The summed E-state index contributed by atoms with van der Waals surface area (Å²) in [5, 5.41) is 9.45. The maximum absolute atomic E-state index is 5.16. The Kier molecular flexibility index (Phi) is 5.18. The van der Waals surface area contributed by atoms with Gasteiger partial charge in [0.05, 0.1) is 13.2 Å². The lowest BCUT2D eigenvalue weighted by Crippen LogP contribution is -2.07. The van der Waals surface area contributed by atoms with Crippen LogP contribution in [0.4, 0.5) is 0 Å². The van der Waals surface area contributed by atoms with Gasteiger partial charge in [-0.2, -0.15) is 0 Å². The predicted octanol–water partition coefficient (Wildman–Crippen LogP) is 2.87. The zero-order chi connectivity index (χ0) is 13.5. The Hall–Kier alpha value is -1.59. The molecule has 0 saturated carbocycles. The van der Waals surface area contributed by atoms with Crippen molar-refractivity contribution in [2.75, 3.05) is 19.5 Å². The number of aromatic nitrogens is 3. The lowest BCUT2D eigenvalue weighted by molar-refractivity contribution is 0.185. The molecule has 1 aromatic carbocycles. The maximum atomic E-state index is 5.16. The van der Waals surface area contributed by atoms with Crippen LogP contribution in [0.3, 0.4) is 0 Å². The first-order valence-electron chi connectivity index (χ1n) is 6.08. The van der Waals surface area contributed by atoms with E-state index in [1.54, 1.807) is 18.9 Å². The molecule has 0 spiro atoms. The molecule has 2 aromatic rings. The van der Waals surface area contributed by atoms with Gasteiger partial charge in [-0.3, -0.25) is 4.57 Å². The molecule has 0 aliphatic rings. The van der Waals surface area contributed by atoms with Gasteiger partial charge in [-0.15, -0.1) is 16.8 Å². The van der Waals surface area contributed by atoms with Gasteiger partial charge in [0.15, 0.2) is 11.0 Å². The van der Waals surface area contributed by atoms with Crippen LogP contribution in [0, 0.1) is 0 Å². The van der Waals surface area contributed by atoms with Crippen molar-refractivity contribution in [3.05, 3.63) is 43.0 Å². The van der Waals surface area contributed by atoms with Gasteiger partial charge in [-0.1, -0.05) is 48.2 Å². The quantitative estimate of drug-likeness (QED) is 0.575. The van der Waals surface area contributed by atoms with Crippen LogP contribution in [0.2, 0.25) is 0 Å². The first kappa shape index (κ1) is 13.8. The molecule has 0 N–H and O–H groups in total. The minimum absolute atomic E-state index is 0.638. The maximum Gasteiger partial charge on any atom is 0.191 e. The van der Waals surface area contributed by atoms with Gasteiger partial charge in [0.2, 0.25) is 0 Å². The van der Waals surface area contributed by atoms with E-state index in [4.69, 9.17) is 4.74 Å². The molecule has 0 saturated heterocycles. The van der Waals surface area contributed by atoms with E-state index in [0.717, 1.165) is 28.8 Å². The van der Waals surface area contributed by atoms with Crippen molar-refractivity contribution in [3.63, 3.8) is 0 Å². The van der Waals surface area contributed by atoms with Crippen LogP contribution in [0.1, 0.15) is 0 Å². The van der Waals surface area contributed by atoms with Gasteiger partial charge >= 0.3 is 0 Å². The molecule has 19 heavy (non-hydrogen) atoms. The molecule has 5 heteroatoms. The van der Waals surface area contributed by atoms with Crippen LogP contribution >= 0.6 is 11.8 Å². The van der Waals surface area contributed by atoms with E-state index in [2.05, 4.69) is 21.3 Å². The van der Waals surface area contributed by atoms with E-state index in [-0.39, 0.29) is 0 Å². The van der Waals surface area contributed by atoms with Crippen molar-refractivity contribution in [2.24, 2.45) is 0 Å². The third-order valence-electron chi connectivity index (χ3n) is 2.60. The Bertz CT molecular complexity index is 525. The van der Waals surface area contributed by atoms with E-state index in [9.17, 15) is 0 Å². The molecular formula is C14H17N3OS. The fraction of sp³-hybridized carbons (Fsp3) is 0.286. The summed E-state index contributed by atoms with van der Waals surface area (Å²) in [5.41, 5.74) is 1.07. The van der Waals surface area contributed by atoms with Gasteiger partial charge in [0.1, 0.15) is 0 Å². The van der Waals surface area contributed by atoms with Crippen molar-refractivity contribution in [3.8, 4) is 11.4 Å². The molecule has 1 aromatic heterocycles. The molecule has 100 valence electrons. The average Bonchev–Trinajstić information content (AvgIpc) is 2.86. The van der Waals surface area contributed by atoms with Crippen LogP contribution in [0.5, 0.6) is 0 Å². The van der Waals surface area contributed by atoms with Gasteiger partial charge < -0.3 is 4.74 Å². The Morgan fingerprint density at radius 1 is 1.32 bits per heavy atom. The van der Waals surface area contributed by atoms with Crippen LogP contribution in [-0.2, 0) is 11.3 Å². The largest absolute Gasteiger partial charge is 0.383 e. The van der Waals surface area contributed by atoms with E-state index >= 15 is 0 Å². The molecule has 0 amide bonds. The Morgan fingerprint density at radius 2 is 2.11 bits per heavy atom. The molecule has 1 heterocycles. The number of rotatable bonds is 7. The number of thioether (sulfide) groups is 1. The van der Waals surface area contributed by atoms with Crippen molar-refractivity contribution in [1.29, 1.82) is 0 Å². The summed E-state index contributed by atoms with van der Waals surface area (Å²) in [6.45, 7) is 5.11. The van der Waals surface area contributed by atoms with Crippen LogP contribution in [-0.4, -0.2) is 34.2 Å². The van der Waals surface area contributed by atoms with Crippen molar-refractivity contribution in [1.82, 2.24) is 14.8 Å². The normalized spacial score (nSPS) is 10.6. The topological polar surface area (TPSA) is 39.9 Å². The van der Waals surface area contributed by atoms with Crippen molar-refractivity contribution >= 4 is 11.8 Å². The number of benzene rings is 1. The minimum Gasteiger partial charge on any atom is -0.383 e.